The summed E-state index contributed by atoms with van der Waals surface area (Å²) in [5, 5.41) is 0.546. The number of rotatable bonds is 2. The molecule has 1 fully saturated rings. The Bertz CT molecular complexity index is 697. The zero-order chi connectivity index (χ0) is 16.9. The second-order valence-electron chi connectivity index (χ2n) is 6.82. The Hall–Kier alpha value is -1.96. The minimum atomic E-state index is -1.01. The largest absolute Gasteiger partial charge is 0.432 e. The van der Waals surface area contributed by atoms with Crippen LogP contribution < -0.4 is 4.90 Å². The summed E-state index contributed by atoms with van der Waals surface area (Å²) in [5.74, 6) is -0.731. The number of nitrogens with zero attached hydrogens (tertiary/aromatic N) is 3. The highest BCUT2D eigenvalue weighted by molar-refractivity contribution is 7.17. The molecule has 1 aromatic rings. The van der Waals surface area contributed by atoms with Crippen LogP contribution in [0.25, 0.3) is 0 Å². The molecule has 0 aromatic carbocycles. The second-order valence-corrected chi connectivity index (χ2v) is 7.80. The predicted molar refractivity (Wildman–Crippen MR) is 84.2 cm³/mol. The molecule has 0 radical (unpaired) electrons. The molecule has 1 aromatic heterocycles. The molecule has 1 amide bonds. The lowest BCUT2D eigenvalue weighted by Crippen LogP contribution is -2.37. The molecular weight excluding hydrogens is 318 g/mol. The Morgan fingerprint density at radius 2 is 2.04 bits per heavy atom. The number of ether oxygens (including phenoxy) is 1. The van der Waals surface area contributed by atoms with Crippen LogP contribution in [0, 0.1) is 5.41 Å². The SMILES string of the molecule is CC(=O)OC1C(=O)N(C)CN1c1nc2c(s1)C(=O)CC(C)(C)C2. The molecule has 0 N–H and O–H groups in total. The van der Waals surface area contributed by atoms with Gasteiger partial charge < -0.3 is 9.64 Å². The van der Waals surface area contributed by atoms with Gasteiger partial charge in [0, 0.05) is 20.4 Å². The average Bonchev–Trinajstić information content (AvgIpc) is 2.93. The van der Waals surface area contributed by atoms with Gasteiger partial charge in [0.2, 0.25) is 0 Å². The highest BCUT2D eigenvalue weighted by Gasteiger charge is 2.42. The van der Waals surface area contributed by atoms with E-state index in [0.29, 0.717) is 16.4 Å². The molecule has 1 saturated heterocycles. The Labute approximate surface area is 138 Å². The van der Waals surface area contributed by atoms with E-state index in [1.807, 2.05) is 13.8 Å². The number of ketones is 1. The van der Waals surface area contributed by atoms with E-state index in [4.69, 9.17) is 4.74 Å². The van der Waals surface area contributed by atoms with Crippen LogP contribution in [0.3, 0.4) is 0 Å². The lowest BCUT2D eigenvalue weighted by molar-refractivity contribution is -0.153. The molecular formula is C15H19N3O4S. The number of likely N-dealkylation sites (N-methyl/N-ethyl adjacent to an activating group) is 1. The number of carbonyl (C=O) groups excluding carboxylic acids is 3. The lowest BCUT2D eigenvalue weighted by atomic mass is 9.78. The van der Waals surface area contributed by atoms with E-state index < -0.39 is 12.2 Å². The van der Waals surface area contributed by atoms with Gasteiger partial charge in [-0.25, -0.2) is 4.98 Å². The van der Waals surface area contributed by atoms with Crippen LogP contribution in [0.2, 0.25) is 0 Å². The normalized spacial score (nSPS) is 23.2. The van der Waals surface area contributed by atoms with Crippen LogP contribution in [-0.4, -0.2) is 47.5 Å². The molecule has 1 unspecified atom stereocenters. The quantitative estimate of drug-likeness (QED) is 0.760. The van der Waals surface area contributed by atoms with Crippen LogP contribution in [0.1, 0.15) is 42.6 Å². The van der Waals surface area contributed by atoms with Crippen molar-refractivity contribution in [3.63, 3.8) is 0 Å². The van der Waals surface area contributed by atoms with Crippen molar-refractivity contribution in [2.45, 2.75) is 39.8 Å². The molecule has 2 aliphatic rings. The summed E-state index contributed by atoms with van der Waals surface area (Å²) < 4.78 is 5.14. The maximum atomic E-state index is 12.3. The molecule has 0 saturated carbocycles. The van der Waals surface area contributed by atoms with Gasteiger partial charge in [0.05, 0.1) is 17.2 Å². The summed E-state index contributed by atoms with van der Waals surface area (Å²) in [6.07, 6.45) is 0.210. The number of hydrogen-bond donors (Lipinski definition) is 0. The second kappa shape index (κ2) is 5.30. The number of hydrogen-bond acceptors (Lipinski definition) is 7. The zero-order valence-corrected chi connectivity index (χ0v) is 14.4. The van der Waals surface area contributed by atoms with Crippen molar-refractivity contribution < 1.29 is 19.1 Å². The Kier molecular flexibility index (Phi) is 3.66. The maximum Gasteiger partial charge on any atom is 0.304 e. The molecule has 0 spiro atoms. The van der Waals surface area contributed by atoms with Gasteiger partial charge in [0.1, 0.15) is 0 Å². The number of anilines is 1. The third-order valence-electron chi connectivity index (χ3n) is 3.98. The molecule has 124 valence electrons. The van der Waals surface area contributed by atoms with E-state index >= 15 is 0 Å². The maximum absolute atomic E-state index is 12.3. The van der Waals surface area contributed by atoms with Crippen molar-refractivity contribution in [2.75, 3.05) is 18.6 Å². The molecule has 2 heterocycles. The summed E-state index contributed by atoms with van der Waals surface area (Å²) >= 11 is 1.27. The monoisotopic (exact) mass is 337 g/mol. The van der Waals surface area contributed by atoms with E-state index in [1.165, 1.54) is 23.2 Å². The van der Waals surface area contributed by atoms with Crippen molar-refractivity contribution >= 4 is 34.1 Å². The molecule has 0 bridgehead atoms. The number of aromatic nitrogens is 1. The van der Waals surface area contributed by atoms with Gasteiger partial charge in [0.15, 0.2) is 10.9 Å². The van der Waals surface area contributed by atoms with Gasteiger partial charge in [-0.2, -0.15) is 0 Å². The summed E-state index contributed by atoms with van der Waals surface area (Å²) in [6, 6.07) is 0. The van der Waals surface area contributed by atoms with E-state index in [2.05, 4.69) is 4.98 Å². The zero-order valence-electron chi connectivity index (χ0n) is 13.6. The van der Waals surface area contributed by atoms with Gasteiger partial charge >= 0.3 is 5.97 Å². The molecule has 3 rings (SSSR count). The highest BCUT2D eigenvalue weighted by atomic mass is 32.1. The average molecular weight is 337 g/mol. The Balaban J connectivity index is 1.94. The van der Waals surface area contributed by atoms with Crippen LogP contribution in [-0.2, 0) is 20.7 Å². The van der Waals surface area contributed by atoms with Crippen LogP contribution in [0.4, 0.5) is 5.13 Å². The standard InChI is InChI=1S/C15H19N3O4S/c1-8(19)22-13-12(21)17(4)7-18(13)14-16-9-5-15(2,3)6-10(20)11(9)23-14/h13H,5-7H2,1-4H3. The third-order valence-corrected chi connectivity index (χ3v) is 5.16. The molecule has 1 aliphatic carbocycles. The minimum Gasteiger partial charge on any atom is -0.432 e. The van der Waals surface area contributed by atoms with Gasteiger partial charge in [-0.3, -0.25) is 19.3 Å². The third kappa shape index (κ3) is 2.83. The van der Waals surface area contributed by atoms with Crippen molar-refractivity contribution in [1.29, 1.82) is 0 Å². The Morgan fingerprint density at radius 1 is 1.35 bits per heavy atom. The van der Waals surface area contributed by atoms with Crippen molar-refractivity contribution in [3.05, 3.63) is 10.6 Å². The number of esters is 1. The smallest absolute Gasteiger partial charge is 0.304 e. The van der Waals surface area contributed by atoms with Gasteiger partial charge in [-0.1, -0.05) is 25.2 Å². The van der Waals surface area contributed by atoms with Crippen molar-refractivity contribution in [3.8, 4) is 0 Å². The van der Waals surface area contributed by atoms with Gasteiger partial charge in [-0.05, 0) is 11.8 Å². The number of Topliss-reactive ketones (excluding diaryl/α,β-unsaturated/α-hetero) is 1. The fourth-order valence-electron chi connectivity index (χ4n) is 2.96. The molecule has 7 nitrogen and oxygen atoms in total. The molecule has 8 heteroatoms. The number of thiazole rings is 1. The summed E-state index contributed by atoms with van der Waals surface area (Å²) in [5.41, 5.74) is 0.664. The first-order valence-electron chi connectivity index (χ1n) is 7.40. The van der Waals surface area contributed by atoms with Gasteiger partial charge in [-0.15, -0.1) is 0 Å². The van der Waals surface area contributed by atoms with E-state index in [9.17, 15) is 14.4 Å². The number of fused-ring (bicyclic) bond motifs is 1. The highest BCUT2D eigenvalue weighted by Crippen LogP contribution is 2.40. The number of amides is 1. The fourth-order valence-corrected chi connectivity index (χ4v) is 3.99. The van der Waals surface area contributed by atoms with Crippen LogP contribution >= 0.6 is 11.3 Å². The molecule has 1 atom stereocenters. The van der Waals surface area contributed by atoms with Gasteiger partial charge in [0.25, 0.3) is 12.1 Å². The first kappa shape index (κ1) is 15.9. The summed E-state index contributed by atoms with van der Waals surface area (Å²) in [6.45, 7) is 5.63. The predicted octanol–water partition coefficient (Wildman–Crippen LogP) is 1.42. The van der Waals surface area contributed by atoms with Crippen LogP contribution in [0.5, 0.6) is 0 Å². The first-order valence-corrected chi connectivity index (χ1v) is 8.21. The number of carbonyl (C=O) groups is 3. The minimum absolute atomic E-state index is 0.0860. The van der Waals surface area contributed by atoms with E-state index in [0.717, 1.165) is 12.1 Å². The first-order chi connectivity index (χ1) is 10.7. The fraction of sp³-hybridized carbons (Fsp3) is 0.600. The topological polar surface area (TPSA) is 79.8 Å². The summed E-state index contributed by atoms with van der Waals surface area (Å²) in [4.78, 5) is 44.0. The van der Waals surface area contributed by atoms with Crippen molar-refractivity contribution in [1.82, 2.24) is 9.88 Å². The summed E-state index contributed by atoms with van der Waals surface area (Å²) in [7, 11) is 1.64. The van der Waals surface area contributed by atoms with E-state index in [-0.39, 0.29) is 23.8 Å². The van der Waals surface area contributed by atoms with Crippen molar-refractivity contribution in [2.24, 2.45) is 5.41 Å². The van der Waals surface area contributed by atoms with Crippen LogP contribution in [0.15, 0.2) is 0 Å². The molecule has 1 aliphatic heterocycles. The van der Waals surface area contributed by atoms with E-state index in [1.54, 1.807) is 11.9 Å². The molecule has 23 heavy (non-hydrogen) atoms. The lowest BCUT2D eigenvalue weighted by Gasteiger charge is -2.26. The Morgan fingerprint density at radius 3 is 2.70 bits per heavy atom.